The Morgan fingerprint density at radius 3 is 2.65 bits per heavy atom. The molecule has 1 N–H and O–H groups in total. The van der Waals surface area contributed by atoms with Gasteiger partial charge in [-0.1, -0.05) is 12.1 Å². The maximum atomic E-state index is 13.1. The Morgan fingerprint density at radius 1 is 1.04 bits per heavy atom. The van der Waals surface area contributed by atoms with Gasteiger partial charge in [0.15, 0.2) is 0 Å². The van der Waals surface area contributed by atoms with Gasteiger partial charge >= 0.3 is 0 Å². The average molecular weight is 345 g/mol. The molecule has 0 radical (unpaired) electrons. The van der Waals surface area contributed by atoms with Crippen LogP contribution < -0.4 is 5.32 Å². The van der Waals surface area contributed by atoms with Crippen LogP contribution in [0.15, 0.2) is 53.9 Å². The molecule has 1 aromatic carbocycles. The lowest BCUT2D eigenvalue weighted by molar-refractivity contribution is 0.0950. The van der Waals surface area contributed by atoms with Crippen molar-refractivity contribution < 1.29 is 14.0 Å². The third-order valence-corrected chi connectivity index (χ3v) is 5.09. The van der Waals surface area contributed by atoms with E-state index in [0.717, 1.165) is 4.88 Å². The molecule has 2 heterocycles. The van der Waals surface area contributed by atoms with Crippen molar-refractivity contribution in [1.82, 2.24) is 5.32 Å². The van der Waals surface area contributed by atoms with Crippen LogP contribution in [0.4, 0.5) is 4.39 Å². The van der Waals surface area contributed by atoms with Crippen molar-refractivity contribution >= 4 is 34.4 Å². The molecule has 2 aromatic heterocycles. The fraction of sp³-hybridized carbons (Fsp3) is 0.0588. The fourth-order valence-electron chi connectivity index (χ4n) is 2.02. The van der Waals surface area contributed by atoms with E-state index in [1.807, 2.05) is 17.5 Å². The Labute approximate surface area is 140 Å². The van der Waals surface area contributed by atoms with Crippen molar-refractivity contribution in [2.24, 2.45) is 0 Å². The van der Waals surface area contributed by atoms with Crippen LogP contribution in [0.5, 0.6) is 0 Å². The van der Waals surface area contributed by atoms with Gasteiger partial charge in [0.1, 0.15) is 5.82 Å². The number of benzene rings is 1. The zero-order valence-corrected chi connectivity index (χ0v) is 13.5. The first-order valence-electron chi connectivity index (χ1n) is 6.84. The fourth-order valence-corrected chi connectivity index (χ4v) is 3.67. The summed E-state index contributed by atoms with van der Waals surface area (Å²) in [7, 11) is 0. The van der Waals surface area contributed by atoms with Gasteiger partial charge < -0.3 is 5.32 Å². The van der Waals surface area contributed by atoms with E-state index in [-0.39, 0.29) is 17.3 Å². The minimum atomic E-state index is -0.447. The number of amides is 1. The molecular formula is C17H12FNO2S2. The van der Waals surface area contributed by atoms with Crippen LogP contribution in [0.3, 0.4) is 0 Å². The quantitative estimate of drug-likeness (QED) is 0.707. The maximum Gasteiger partial charge on any atom is 0.251 e. The van der Waals surface area contributed by atoms with E-state index >= 15 is 0 Å². The topological polar surface area (TPSA) is 46.2 Å². The first kappa shape index (κ1) is 15.6. The first-order chi connectivity index (χ1) is 11.1. The van der Waals surface area contributed by atoms with Crippen LogP contribution in [0, 0.1) is 5.82 Å². The average Bonchev–Trinajstić information content (AvgIpc) is 3.23. The normalized spacial score (nSPS) is 10.5. The summed E-state index contributed by atoms with van der Waals surface area (Å²) in [5.41, 5.74) is 0.274. The number of carbonyl (C=O) groups excluding carboxylic acids is 2. The van der Waals surface area contributed by atoms with Crippen molar-refractivity contribution in [3.63, 3.8) is 0 Å². The SMILES string of the molecule is O=C(NCc1ccc(C(=O)c2cccs2)s1)c1cccc(F)c1. The summed E-state index contributed by atoms with van der Waals surface area (Å²) in [6.45, 7) is 0.303. The molecule has 0 aliphatic heterocycles. The number of rotatable bonds is 5. The molecule has 0 saturated heterocycles. The molecule has 3 rings (SSSR count). The highest BCUT2D eigenvalue weighted by Gasteiger charge is 2.13. The van der Waals surface area contributed by atoms with Crippen LogP contribution in [0.25, 0.3) is 0 Å². The molecule has 0 bridgehead atoms. The highest BCUT2D eigenvalue weighted by molar-refractivity contribution is 7.16. The summed E-state index contributed by atoms with van der Waals surface area (Å²) < 4.78 is 13.1. The minimum absolute atomic E-state index is 0.00675. The second-order valence-corrected chi connectivity index (χ2v) is 6.88. The molecule has 3 nitrogen and oxygen atoms in total. The van der Waals surface area contributed by atoms with Gasteiger partial charge in [0.25, 0.3) is 5.91 Å². The molecule has 0 fully saturated rings. The van der Waals surface area contributed by atoms with Gasteiger partial charge in [0.2, 0.25) is 5.78 Å². The summed E-state index contributed by atoms with van der Waals surface area (Å²) in [5.74, 6) is -0.797. The van der Waals surface area contributed by atoms with Gasteiger partial charge in [-0.3, -0.25) is 9.59 Å². The number of nitrogens with one attached hydrogen (secondary N) is 1. The number of hydrogen-bond acceptors (Lipinski definition) is 4. The van der Waals surface area contributed by atoms with Crippen molar-refractivity contribution in [3.05, 3.63) is 79.9 Å². The number of thiophene rings is 2. The van der Waals surface area contributed by atoms with E-state index in [0.29, 0.717) is 16.3 Å². The molecule has 0 aliphatic carbocycles. The van der Waals surface area contributed by atoms with Crippen LogP contribution in [-0.4, -0.2) is 11.7 Å². The summed E-state index contributed by atoms with van der Waals surface area (Å²) in [6, 6.07) is 12.7. The van der Waals surface area contributed by atoms with Gasteiger partial charge in [-0.15, -0.1) is 22.7 Å². The second-order valence-electron chi connectivity index (χ2n) is 4.77. The zero-order chi connectivity index (χ0) is 16.2. The van der Waals surface area contributed by atoms with E-state index in [1.165, 1.54) is 40.9 Å². The van der Waals surface area contributed by atoms with E-state index in [2.05, 4.69) is 5.32 Å². The third kappa shape index (κ3) is 3.72. The van der Waals surface area contributed by atoms with Gasteiger partial charge in [-0.25, -0.2) is 4.39 Å². The first-order valence-corrected chi connectivity index (χ1v) is 8.54. The van der Waals surface area contributed by atoms with E-state index in [9.17, 15) is 14.0 Å². The molecule has 0 aliphatic rings. The van der Waals surface area contributed by atoms with Crippen molar-refractivity contribution in [2.75, 3.05) is 0 Å². The molecule has 3 aromatic rings. The second kappa shape index (κ2) is 6.85. The third-order valence-electron chi connectivity index (χ3n) is 3.14. The molecule has 0 saturated carbocycles. The zero-order valence-electron chi connectivity index (χ0n) is 11.9. The van der Waals surface area contributed by atoms with Crippen LogP contribution >= 0.6 is 22.7 Å². The predicted octanol–water partition coefficient (Wildman–Crippen LogP) is 4.11. The molecule has 0 spiro atoms. The molecular weight excluding hydrogens is 333 g/mol. The smallest absolute Gasteiger partial charge is 0.251 e. The molecule has 0 atom stereocenters. The molecule has 6 heteroatoms. The largest absolute Gasteiger partial charge is 0.347 e. The molecule has 0 unspecified atom stereocenters. The number of carbonyl (C=O) groups is 2. The lowest BCUT2D eigenvalue weighted by atomic mass is 10.2. The van der Waals surface area contributed by atoms with Gasteiger partial charge in [0.05, 0.1) is 16.3 Å². The number of ketones is 1. The highest BCUT2D eigenvalue weighted by Crippen LogP contribution is 2.22. The Morgan fingerprint density at radius 2 is 1.91 bits per heavy atom. The lowest BCUT2D eigenvalue weighted by Gasteiger charge is -2.03. The summed E-state index contributed by atoms with van der Waals surface area (Å²) in [4.78, 5) is 26.4. The Bertz CT molecular complexity index is 840. The van der Waals surface area contributed by atoms with Gasteiger partial charge in [-0.2, -0.15) is 0 Å². The molecule has 1 amide bonds. The Hall–Kier alpha value is -2.31. The van der Waals surface area contributed by atoms with Crippen LogP contribution in [-0.2, 0) is 6.54 Å². The number of halogens is 1. The van der Waals surface area contributed by atoms with Crippen molar-refractivity contribution in [3.8, 4) is 0 Å². The standard InChI is InChI=1S/C17H12FNO2S2/c18-12-4-1-3-11(9-12)17(21)19-10-13-6-7-15(23-13)16(20)14-5-2-8-22-14/h1-9H,10H2,(H,19,21). The van der Waals surface area contributed by atoms with Gasteiger partial charge in [-0.05, 0) is 41.8 Å². The Balaban J connectivity index is 1.63. The monoisotopic (exact) mass is 345 g/mol. The van der Waals surface area contributed by atoms with E-state index in [4.69, 9.17) is 0 Å². The Kier molecular flexibility index (Phi) is 4.64. The predicted molar refractivity (Wildman–Crippen MR) is 89.6 cm³/mol. The summed E-state index contributed by atoms with van der Waals surface area (Å²) in [6.07, 6.45) is 0. The van der Waals surface area contributed by atoms with Crippen LogP contribution in [0.1, 0.15) is 29.8 Å². The highest BCUT2D eigenvalue weighted by atomic mass is 32.1. The lowest BCUT2D eigenvalue weighted by Crippen LogP contribution is -2.22. The molecule has 116 valence electrons. The summed E-state index contributed by atoms with van der Waals surface area (Å²) >= 11 is 2.75. The van der Waals surface area contributed by atoms with Crippen molar-refractivity contribution in [1.29, 1.82) is 0 Å². The van der Waals surface area contributed by atoms with E-state index in [1.54, 1.807) is 18.2 Å². The minimum Gasteiger partial charge on any atom is -0.347 e. The van der Waals surface area contributed by atoms with Crippen molar-refractivity contribution in [2.45, 2.75) is 6.54 Å². The van der Waals surface area contributed by atoms with Crippen LogP contribution in [0.2, 0.25) is 0 Å². The summed E-state index contributed by atoms with van der Waals surface area (Å²) in [5, 5.41) is 4.59. The van der Waals surface area contributed by atoms with Gasteiger partial charge in [0, 0.05) is 10.4 Å². The maximum absolute atomic E-state index is 13.1. The van der Waals surface area contributed by atoms with E-state index < -0.39 is 5.82 Å². The number of hydrogen-bond donors (Lipinski definition) is 1. The molecule has 23 heavy (non-hydrogen) atoms.